The molecule has 2 aromatic heterocycles. The number of pyridine rings is 2. The van der Waals surface area contributed by atoms with Crippen LogP contribution in [0.25, 0.3) is 44.1 Å². The maximum Gasteiger partial charge on any atom is 0.394 e. The number of aryl methyl sites for hydroxylation is 4. The van der Waals surface area contributed by atoms with Crippen molar-refractivity contribution in [3.63, 3.8) is 0 Å². The summed E-state index contributed by atoms with van der Waals surface area (Å²) < 4.78 is 80.4. The van der Waals surface area contributed by atoms with Crippen LogP contribution in [0.4, 0.5) is 0 Å². The lowest BCUT2D eigenvalue weighted by Crippen LogP contribution is -2.40. The molecule has 0 unspecified atom stereocenters. The van der Waals surface area contributed by atoms with Gasteiger partial charge in [-0.1, -0.05) is 0 Å². The van der Waals surface area contributed by atoms with E-state index in [0.29, 0.717) is 13.6 Å². The van der Waals surface area contributed by atoms with Gasteiger partial charge < -0.3 is 37.9 Å². The van der Waals surface area contributed by atoms with Crippen LogP contribution >= 0.6 is 0 Å². The second-order valence-corrected chi connectivity index (χ2v) is 13.9. The molecule has 0 spiro atoms. The van der Waals surface area contributed by atoms with Crippen LogP contribution in [0.2, 0.25) is 0 Å². The Morgan fingerprint density at radius 2 is 0.945 bits per heavy atom. The third-order valence-electron chi connectivity index (χ3n) is 10.0. The van der Waals surface area contributed by atoms with Gasteiger partial charge in [0.2, 0.25) is 25.0 Å². The minimum absolute atomic E-state index is 0.299. The van der Waals surface area contributed by atoms with Gasteiger partial charge in [0.05, 0.1) is 50.3 Å². The third-order valence-corrected chi connectivity index (χ3v) is 10.0. The molecule has 55 heavy (non-hydrogen) atoms. The van der Waals surface area contributed by atoms with Gasteiger partial charge in [-0.2, -0.15) is 17.6 Å². The molecule has 0 amide bonds. The number of nitrogens with zero attached hydrogens (tertiary/aromatic N) is 2. The highest BCUT2D eigenvalue weighted by molar-refractivity contribution is 7.79. The fraction of sp³-hybridized carbons (Fsp3) is 0.250. The molecule has 4 aliphatic heterocycles. The standard InChI is InChI=1S/2C20H18NO4.H2O4S/c2*1-22-17-4-3-12-7-16-14-9-19-18(24-11-25-19)8-13(14)5-6-21(16)10-15(12)20(17)23-2;1-5(2,3)4/h2*3-4,7-10H,5-6,11H2,1-2H3;(H2,1,2,3,4)/q2*+1;. The van der Waals surface area contributed by atoms with E-state index in [1.807, 2.05) is 12.1 Å². The van der Waals surface area contributed by atoms with Gasteiger partial charge >= 0.3 is 10.4 Å². The average molecular weight is 771 g/mol. The second-order valence-electron chi connectivity index (χ2n) is 13.0. The topological polar surface area (TPSA) is 156 Å². The molecular weight excluding hydrogens is 733 g/mol. The van der Waals surface area contributed by atoms with Crippen molar-refractivity contribution in [2.24, 2.45) is 0 Å². The first-order valence-corrected chi connectivity index (χ1v) is 18.7. The average Bonchev–Trinajstić information content (AvgIpc) is 3.85. The lowest BCUT2D eigenvalue weighted by Gasteiger charge is -2.17. The van der Waals surface area contributed by atoms with Crippen molar-refractivity contribution in [1.82, 2.24) is 0 Å². The maximum atomic E-state index is 8.74. The van der Waals surface area contributed by atoms with E-state index in [2.05, 4.69) is 70.1 Å². The Morgan fingerprint density at radius 3 is 1.31 bits per heavy atom. The van der Waals surface area contributed by atoms with Crippen LogP contribution in [0.3, 0.4) is 0 Å². The van der Waals surface area contributed by atoms with Crippen LogP contribution in [0.5, 0.6) is 46.0 Å². The highest BCUT2D eigenvalue weighted by atomic mass is 32.3. The number of ether oxygens (including phenoxy) is 8. The summed E-state index contributed by atoms with van der Waals surface area (Å²) in [6, 6.07) is 20.8. The molecule has 0 saturated carbocycles. The van der Waals surface area contributed by atoms with Crippen molar-refractivity contribution in [1.29, 1.82) is 0 Å². The van der Waals surface area contributed by atoms with Crippen LogP contribution in [0, 0.1) is 0 Å². The molecule has 0 aliphatic carbocycles. The predicted octanol–water partition coefficient (Wildman–Crippen LogP) is 5.54. The molecule has 6 heterocycles. The first-order chi connectivity index (χ1) is 26.6. The van der Waals surface area contributed by atoms with Crippen LogP contribution in [-0.2, 0) is 36.3 Å². The molecule has 15 heteroatoms. The normalized spacial score (nSPS) is 13.9. The molecule has 4 aromatic carbocycles. The molecule has 0 radical (unpaired) electrons. The number of rotatable bonds is 4. The maximum absolute atomic E-state index is 8.74. The number of hydrogen-bond acceptors (Lipinski definition) is 10. The SMILES string of the molecule is COc1ccc2cc3[n+](cc2c1OC)CCc1cc2c(cc1-3)OCO2.COc1ccc2cc3[n+](cc2c1OC)CCc1cc2c(cc1-3)OCO2.O=S(=O)(O)O. The fourth-order valence-electron chi connectivity index (χ4n) is 7.54. The summed E-state index contributed by atoms with van der Waals surface area (Å²) in [7, 11) is 2.01. The molecule has 0 atom stereocenters. The Bertz CT molecular complexity index is 2440. The van der Waals surface area contributed by atoms with Crippen molar-refractivity contribution in [3.05, 3.63) is 84.2 Å². The van der Waals surface area contributed by atoms with Crippen LogP contribution in [0.1, 0.15) is 11.1 Å². The number of methoxy groups -OCH3 is 4. The molecule has 0 saturated heterocycles. The van der Waals surface area contributed by atoms with E-state index in [-0.39, 0.29) is 0 Å². The zero-order chi connectivity index (χ0) is 38.4. The first kappa shape index (κ1) is 36.0. The number of benzene rings is 4. The predicted molar refractivity (Wildman–Crippen MR) is 199 cm³/mol. The van der Waals surface area contributed by atoms with Gasteiger partial charge in [0.1, 0.15) is 0 Å². The Morgan fingerprint density at radius 1 is 0.564 bits per heavy atom. The van der Waals surface area contributed by atoms with Gasteiger partial charge in [-0.15, -0.1) is 0 Å². The highest BCUT2D eigenvalue weighted by Crippen LogP contribution is 2.43. The van der Waals surface area contributed by atoms with Crippen molar-refractivity contribution in [2.75, 3.05) is 42.0 Å². The lowest BCUT2D eigenvalue weighted by molar-refractivity contribution is -0.686. The second kappa shape index (κ2) is 14.3. The third kappa shape index (κ3) is 6.81. The molecule has 10 rings (SSSR count). The van der Waals surface area contributed by atoms with Crippen molar-refractivity contribution < 1.29 is 64.6 Å². The van der Waals surface area contributed by atoms with E-state index >= 15 is 0 Å². The molecule has 6 aromatic rings. The smallest absolute Gasteiger partial charge is 0.394 e. The van der Waals surface area contributed by atoms with Gasteiger partial charge in [-0.3, -0.25) is 9.11 Å². The van der Waals surface area contributed by atoms with E-state index in [1.54, 1.807) is 28.4 Å². The molecular formula is C40H38N2O12S+2. The Labute approximate surface area is 316 Å². The Balaban J connectivity index is 0.000000139. The van der Waals surface area contributed by atoms with Crippen LogP contribution in [0.15, 0.2) is 73.1 Å². The molecule has 4 aliphatic rings. The van der Waals surface area contributed by atoms with Gasteiger partial charge in [0.15, 0.2) is 71.5 Å². The van der Waals surface area contributed by atoms with Gasteiger partial charge in [0.25, 0.3) is 0 Å². The number of fused-ring (bicyclic) bond motifs is 10. The van der Waals surface area contributed by atoms with E-state index in [4.69, 9.17) is 55.4 Å². The monoisotopic (exact) mass is 770 g/mol. The van der Waals surface area contributed by atoms with Crippen molar-refractivity contribution >= 4 is 31.9 Å². The van der Waals surface area contributed by atoms with Gasteiger partial charge in [0, 0.05) is 25.0 Å². The summed E-state index contributed by atoms with van der Waals surface area (Å²) in [5, 5.41) is 4.34. The molecule has 0 bridgehead atoms. The molecule has 0 fully saturated rings. The summed E-state index contributed by atoms with van der Waals surface area (Å²) in [6.07, 6.45) is 6.22. The quantitative estimate of drug-likeness (QED) is 0.171. The fourth-order valence-corrected chi connectivity index (χ4v) is 7.54. The number of aromatic nitrogens is 2. The largest absolute Gasteiger partial charge is 0.493 e. The zero-order valence-electron chi connectivity index (χ0n) is 30.5. The summed E-state index contributed by atoms with van der Waals surface area (Å²) in [5.41, 5.74) is 7.35. The zero-order valence-corrected chi connectivity index (χ0v) is 31.3. The van der Waals surface area contributed by atoms with Gasteiger partial charge in [-0.25, -0.2) is 0 Å². The molecule has 14 nitrogen and oxygen atoms in total. The van der Waals surface area contributed by atoms with Crippen molar-refractivity contribution in [3.8, 4) is 68.5 Å². The van der Waals surface area contributed by atoms with Gasteiger partial charge in [-0.05, 0) is 70.4 Å². The minimum Gasteiger partial charge on any atom is -0.493 e. The van der Waals surface area contributed by atoms with E-state index < -0.39 is 10.4 Å². The van der Waals surface area contributed by atoms with E-state index in [0.717, 1.165) is 93.5 Å². The van der Waals surface area contributed by atoms with E-state index in [9.17, 15) is 0 Å². The number of hydrogen-bond donors (Lipinski definition) is 2. The first-order valence-electron chi connectivity index (χ1n) is 17.3. The summed E-state index contributed by atoms with van der Waals surface area (Å²) in [5.74, 6) is 6.36. The van der Waals surface area contributed by atoms with E-state index in [1.165, 1.54) is 33.6 Å². The summed E-state index contributed by atoms with van der Waals surface area (Å²) in [4.78, 5) is 0. The summed E-state index contributed by atoms with van der Waals surface area (Å²) >= 11 is 0. The summed E-state index contributed by atoms with van der Waals surface area (Å²) in [6.45, 7) is 2.43. The highest BCUT2D eigenvalue weighted by Gasteiger charge is 2.30. The Kier molecular flexibility index (Phi) is 9.37. The van der Waals surface area contributed by atoms with Crippen LogP contribution < -0.4 is 47.0 Å². The van der Waals surface area contributed by atoms with Crippen LogP contribution in [-0.4, -0.2) is 59.5 Å². The minimum atomic E-state index is -4.67. The Hall–Kier alpha value is -6.03. The van der Waals surface area contributed by atoms with Crippen molar-refractivity contribution in [2.45, 2.75) is 25.9 Å². The molecule has 2 N–H and O–H groups in total. The lowest BCUT2D eigenvalue weighted by atomic mass is 9.95. The molecule has 284 valence electrons.